The minimum absolute atomic E-state index is 0.0188. The van der Waals surface area contributed by atoms with Crippen LogP contribution in [0.2, 0.25) is 0 Å². The SMILES string of the molecule is CCNC(=O)[C@H](C)N(CCc1ccccc1)C(=O)Cc1cc(C)cc(C)c1. The Hall–Kier alpha value is -2.62. The fraction of sp³-hybridized carbons (Fsp3) is 0.391. The molecule has 2 aromatic rings. The van der Waals surface area contributed by atoms with Crippen LogP contribution in [0, 0.1) is 13.8 Å². The van der Waals surface area contributed by atoms with E-state index in [1.165, 1.54) is 0 Å². The molecular formula is C23H30N2O2. The van der Waals surface area contributed by atoms with Crippen LogP contribution in [0.15, 0.2) is 48.5 Å². The summed E-state index contributed by atoms with van der Waals surface area (Å²) in [4.78, 5) is 27.1. The van der Waals surface area contributed by atoms with Crippen molar-refractivity contribution in [3.63, 3.8) is 0 Å². The number of nitrogens with zero attached hydrogens (tertiary/aromatic N) is 1. The van der Waals surface area contributed by atoms with Crippen LogP contribution in [0.5, 0.6) is 0 Å². The third-order valence-corrected chi connectivity index (χ3v) is 4.64. The second-order valence-electron chi connectivity index (χ2n) is 7.07. The Kier molecular flexibility index (Phi) is 7.59. The quantitative estimate of drug-likeness (QED) is 0.778. The lowest BCUT2D eigenvalue weighted by molar-refractivity contribution is -0.139. The number of nitrogens with one attached hydrogen (secondary N) is 1. The molecule has 2 amide bonds. The van der Waals surface area contributed by atoms with Crippen molar-refractivity contribution in [1.82, 2.24) is 10.2 Å². The first kappa shape index (κ1) is 20.7. The Morgan fingerprint density at radius 2 is 1.63 bits per heavy atom. The highest BCUT2D eigenvalue weighted by atomic mass is 16.2. The van der Waals surface area contributed by atoms with Gasteiger partial charge in [0.25, 0.3) is 0 Å². The number of rotatable bonds is 8. The van der Waals surface area contributed by atoms with E-state index in [-0.39, 0.29) is 11.8 Å². The molecule has 0 saturated carbocycles. The van der Waals surface area contributed by atoms with Crippen LogP contribution in [0.1, 0.15) is 36.1 Å². The van der Waals surface area contributed by atoms with Gasteiger partial charge in [0.05, 0.1) is 6.42 Å². The summed E-state index contributed by atoms with van der Waals surface area (Å²) in [6, 6.07) is 15.7. The van der Waals surface area contributed by atoms with Crippen LogP contribution in [0.25, 0.3) is 0 Å². The molecule has 1 N–H and O–H groups in total. The van der Waals surface area contributed by atoms with Crippen molar-refractivity contribution in [2.24, 2.45) is 0 Å². The number of hydrogen-bond donors (Lipinski definition) is 1. The molecule has 0 aliphatic rings. The molecule has 2 aromatic carbocycles. The van der Waals surface area contributed by atoms with E-state index in [1.807, 2.05) is 63.2 Å². The summed E-state index contributed by atoms with van der Waals surface area (Å²) in [6.45, 7) is 8.83. The summed E-state index contributed by atoms with van der Waals surface area (Å²) in [5.74, 6) is -0.131. The molecule has 4 nitrogen and oxygen atoms in total. The Labute approximate surface area is 162 Å². The van der Waals surface area contributed by atoms with Crippen molar-refractivity contribution >= 4 is 11.8 Å². The minimum atomic E-state index is -0.493. The molecule has 0 spiro atoms. The lowest BCUT2D eigenvalue weighted by Gasteiger charge is -2.29. The molecule has 0 aliphatic carbocycles. The normalized spacial score (nSPS) is 11.7. The van der Waals surface area contributed by atoms with Crippen LogP contribution in [0.4, 0.5) is 0 Å². The van der Waals surface area contributed by atoms with Crippen molar-refractivity contribution in [3.05, 3.63) is 70.8 Å². The van der Waals surface area contributed by atoms with Crippen molar-refractivity contribution in [2.45, 2.75) is 46.6 Å². The number of aryl methyl sites for hydroxylation is 2. The Bertz CT molecular complexity index is 751. The van der Waals surface area contributed by atoms with E-state index in [2.05, 4.69) is 11.4 Å². The average molecular weight is 367 g/mol. The predicted octanol–water partition coefficient (Wildman–Crippen LogP) is 3.44. The molecule has 2 rings (SSSR count). The third kappa shape index (κ3) is 6.24. The largest absolute Gasteiger partial charge is 0.355 e. The number of hydrogen-bond acceptors (Lipinski definition) is 2. The lowest BCUT2D eigenvalue weighted by Crippen LogP contribution is -2.49. The van der Waals surface area contributed by atoms with Crippen LogP contribution in [-0.2, 0) is 22.4 Å². The summed E-state index contributed by atoms with van der Waals surface area (Å²) >= 11 is 0. The summed E-state index contributed by atoms with van der Waals surface area (Å²) in [5.41, 5.74) is 4.44. The molecule has 1 atom stereocenters. The molecule has 0 bridgehead atoms. The first-order valence-electron chi connectivity index (χ1n) is 9.59. The Balaban J connectivity index is 2.16. The van der Waals surface area contributed by atoms with Gasteiger partial charge in [0.1, 0.15) is 6.04 Å². The monoisotopic (exact) mass is 366 g/mol. The first-order valence-corrected chi connectivity index (χ1v) is 9.59. The van der Waals surface area contributed by atoms with Gasteiger partial charge in [0.2, 0.25) is 11.8 Å². The van der Waals surface area contributed by atoms with Gasteiger partial charge < -0.3 is 10.2 Å². The zero-order chi connectivity index (χ0) is 19.8. The molecule has 0 heterocycles. The molecule has 0 radical (unpaired) electrons. The Morgan fingerprint density at radius 3 is 2.22 bits per heavy atom. The molecule has 0 unspecified atom stereocenters. The molecule has 4 heteroatoms. The van der Waals surface area contributed by atoms with Gasteiger partial charge in [-0.1, -0.05) is 59.7 Å². The average Bonchev–Trinajstić information content (AvgIpc) is 2.62. The van der Waals surface area contributed by atoms with Crippen LogP contribution in [0.3, 0.4) is 0 Å². The second-order valence-corrected chi connectivity index (χ2v) is 7.07. The van der Waals surface area contributed by atoms with Gasteiger partial charge in [-0.3, -0.25) is 9.59 Å². The van der Waals surface area contributed by atoms with E-state index >= 15 is 0 Å². The number of likely N-dealkylation sites (N-methyl/N-ethyl adjacent to an activating group) is 1. The van der Waals surface area contributed by atoms with Gasteiger partial charge in [-0.15, -0.1) is 0 Å². The summed E-state index contributed by atoms with van der Waals surface area (Å²) in [5, 5.41) is 2.83. The minimum Gasteiger partial charge on any atom is -0.355 e. The summed E-state index contributed by atoms with van der Waals surface area (Å²) in [7, 11) is 0. The van der Waals surface area contributed by atoms with Crippen molar-refractivity contribution in [3.8, 4) is 0 Å². The van der Waals surface area contributed by atoms with E-state index in [0.29, 0.717) is 19.5 Å². The topological polar surface area (TPSA) is 49.4 Å². The molecular weight excluding hydrogens is 336 g/mol. The van der Waals surface area contributed by atoms with Crippen molar-refractivity contribution in [2.75, 3.05) is 13.1 Å². The molecule has 0 aromatic heterocycles. The third-order valence-electron chi connectivity index (χ3n) is 4.64. The van der Waals surface area contributed by atoms with Gasteiger partial charge in [0, 0.05) is 13.1 Å². The highest BCUT2D eigenvalue weighted by Crippen LogP contribution is 2.13. The second kappa shape index (κ2) is 9.91. The number of benzene rings is 2. The molecule has 0 aliphatic heterocycles. The van der Waals surface area contributed by atoms with Crippen LogP contribution in [-0.4, -0.2) is 35.8 Å². The number of amides is 2. The predicted molar refractivity (Wildman–Crippen MR) is 110 cm³/mol. The maximum atomic E-state index is 13.1. The highest BCUT2D eigenvalue weighted by molar-refractivity contribution is 5.88. The molecule has 0 saturated heterocycles. The van der Waals surface area contributed by atoms with Gasteiger partial charge in [-0.2, -0.15) is 0 Å². The van der Waals surface area contributed by atoms with Crippen LogP contribution < -0.4 is 5.32 Å². The zero-order valence-corrected chi connectivity index (χ0v) is 16.8. The van der Waals surface area contributed by atoms with Crippen molar-refractivity contribution in [1.29, 1.82) is 0 Å². The fourth-order valence-corrected chi connectivity index (χ4v) is 3.34. The van der Waals surface area contributed by atoms with Crippen molar-refractivity contribution < 1.29 is 9.59 Å². The Morgan fingerprint density at radius 1 is 1.00 bits per heavy atom. The van der Waals surface area contributed by atoms with Crippen LogP contribution >= 0.6 is 0 Å². The van der Waals surface area contributed by atoms with Gasteiger partial charge in [-0.25, -0.2) is 0 Å². The summed E-state index contributed by atoms with van der Waals surface area (Å²) in [6.07, 6.45) is 1.03. The first-order chi connectivity index (χ1) is 12.9. The molecule has 27 heavy (non-hydrogen) atoms. The van der Waals surface area contributed by atoms with Gasteiger partial charge in [-0.05, 0) is 45.2 Å². The lowest BCUT2D eigenvalue weighted by atomic mass is 10.0. The van der Waals surface area contributed by atoms with E-state index in [0.717, 1.165) is 28.7 Å². The van der Waals surface area contributed by atoms with E-state index in [1.54, 1.807) is 11.8 Å². The van der Waals surface area contributed by atoms with Gasteiger partial charge >= 0.3 is 0 Å². The van der Waals surface area contributed by atoms with E-state index in [4.69, 9.17) is 0 Å². The zero-order valence-electron chi connectivity index (χ0n) is 16.8. The maximum Gasteiger partial charge on any atom is 0.242 e. The summed E-state index contributed by atoms with van der Waals surface area (Å²) < 4.78 is 0. The number of carbonyl (C=O) groups excluding carboxylic acids is 2. The van der Waals surface area contributed by atoms with E-state index in [9.17, 15) is 9.59 Å². The maximum absolute atomic E-state index is 13.1. The number of carbonyl (C=O) groups is 2. The van der Waals surface area contributed by atoms with Gasteiger partial charge in [0.15, 0.2) is 0 Å². The van der Waals surface area contributed by atoms with E-state index < -0.39 is 6.04 Å². The smallest absolute Gasteiger partial charge is 0.242 e. The molecule has 144 valence electrons. The highest BCUT2D eigenvalue weighted by Gasteiger charge is 2.25. The standard InChI is InChI=1S/C23H30N2O2/c1-5-24-23(27)19(4)25(12-11-20-9-7-6-8-10-20)22(26)16-21-14-17(2)13-18(3)15-21/h6-10,13-15,19H,5,11-12,16H2,1-4H3,(H,24,27)/t19-/m0/s1. The fourth-order valence-electron chi connectivity index (χ4n) is 3.34. The molecule has 0 fully saturated rings.